The zero-order valence-corrected chi connectivity index (χ0v) is 13.4. The number of hydrogen-bond donors (Lipinski definition) is 1. The number of fused-ring (bicyclic) bond motifs is 1. The fourth-order valence-corrected chi connectivity index (χ4v) is 2.85. The summed E-state index contributed by atoms with van der Waals surface area (Å²) in [5, 5.41) is 1.10. The van der Waals surface area contributed by atoms with Crippen molar-refractivity contribution in [2.45, 2.75) is 6.54 Å². The zero-order valence-electron chi connectivity index (χ0n) is 11.0. The molecule has 0 bridgehead atoms. The number of hydrogen-bond acceptors (Lipinski definition) is 1. The first kappa shape index (κ1) is 14.2. The zero-order chi connectivity index (χ0) is 15.0. The minimum Gasteiger partial charge on any atom is -0.389 e. The van der Waals surface area contributed by atoms with Crippen LogP contribution >= 0.6 is 28.1 Å². The van der Waals surface area contributed by atoms with Crippen molar-refractivity contribution in [3.8, 4) is 0 Å². The molecule has 0 atom stereocenters. The first-order chi connectivity index (χ1) is 10.1. The van der Waals surface area contributed by atoms with Crippen molar-refractivity contribution >= 4 is 44.0 Å². The van der Waals surface area contributed by atoms with E-state index in [2.05, 4.69) is 20.5 Å². The number of nitrogens with two attached hydrogens (primary N) is 1. The van der Waals surface area contributed by atoms with Crippen LogP contribution in [0.4, 0.5) is 4.39 Å². The Morgan fingerprint density at radius 2 is 2.05 bits per heavy atom. The van der Waals surface area contributed by atoms with Crippen molar-refractivity contribution in [3.05, 3.63) is 70.1 Å². The number of thiocarbonyl (C=S) groups is 1. The van der Waals surface area contributed by atoms with Crippen molar-refractivity contribution in [1.82, 2.24) is 4.57 Å². The highest BCUT2D eigenvalue weighted by atomic mass is 79.9. The van der Waals surface area contributed by atoms with Gasteiger partial charge in [-0.15, -0.1) is 0 Å². The van der Waals surface area contributed by atoms with Gasteiger partial charge < -0.3 is 10.3 Å². The summed E-state index contributed by atoms with van der Waals surface area (Å²) in [4.78, 5) is 0.372. The van der Waals surface area contributed by atoms with Crippen LogP contribution in [0.5, 0.6) is 0 Å². The summed E-state index contributed by atoms with van der Waals surface area (Å²) in [6.07, 6.45) is 1.98. The Balaban J connectivity index is 2.06. The van der Waals surface area contributed by atoms with Gasteiger partial charge in [0.15, 0.2) is 0 Å². The van der Waals surface area contributed by atoms with Crippen LogP contribution in [0, 0.1) is 5.82 Å². The lowest BCUT2D eigenvalue weighted by molar-refractivity contribution is 0.616. The first-order valence-corrected chi connectivity index (χ1v) is 7.58. The van der Waals surface area contributed by atoms with E-state index in [9.17, 15) is 4.39 Å². The molecule has 3 aromatic rings. The lowest BCUT2D eigenvalue weighted by Gasteiger charge is -2.09. The SMILES string of the molecule is NC(=S)c1ccc2ccn(Cc3cccc(F)c3Br)c2c1. The monoisotopic (exact) mass is 362 g/mol. The third kappa shape index (κ3) is 2.71. The normalized spacial score (nSPS) is 11.0. The molecule has 1 aromatic heterocycles. The van der Waals surface area contributed by atoms with Gasteiger partial charge in [0.1, 0.15) is 10.8 Å². The van der Waals surface area contributed by atoms with Crippen LogP contribution in [0.1, 0.15) is 11.1 Å². The molecule has 0 aliphatic heterocycles. The third-order valence-electron chi connectivity index (χ3n) is 3.43. The Kier molecular flexibility index (Phi) is 3.78. The average Bonchev–Trinajstić information content (AvgIpc) is 2.86. The van der Waals surface area contributed by atoms with Crippen molar-refractivity contribution in [2.75, 3.05) is 0 Å². The average molecular weight is 363 g/mol. The molecule has 0 unspecified atom stereocenters. The molecule has 0 aliphatic carbocycles. The molecule has 0 radical (unpaired) electrons. The molecular weight excluding hydrogens is 351 g/mol. The molecule has 5 heteroatoms. The van der Waals surface area contributed by atoms with E-state index in [1.54, 1.807) is 6.07 Å². The van der Waals surface area contributed by atoms with Gasteiger partial charge in [-0.1, -0.05) is 36.5 Å². The second-order valence-electron chi connectivity index (χ2n) is 4.79. The van der Waals surface area contributed by atoms with Gasteiger partial charge in [0, 0.05) is 23.8 Å². The highest BCUT2D eigenvalue weighted by Gasteiger charge is 2.08. The Labute approximate surface area is 135 Å². The van der Waals surface area contributed by atoms with Crippen LogP contribution in [0.15, 0.2) is 53.1 Å². The van der Waals surface area contributed by atoms with Gasteiger partial charge in [0.05, 0.1) is 4.47 Å². The lowest BCUT2D eigenvalue weighted by atomic mass is 10.1. The Morgan fingerprint density at radius 3 is 2.81 bits per heavy atom. The molecule has 0 aliphatic rings. The maximum Gasteiger partial charge on any atom is 0.137 e. The van der Waals surface area contributed by atoms with Gasteiger partial charge >= 0.3 is 0 Å². The molecule has 3 rings (SSSR count). The Bertz CT molecular complexity index is 841. The van der Waals surface area contributed by atoms with Crippen molar-refractivity contribution in [3.63, 3.8) is 0 Å². The van der Waals surface area contributed by atoms with Crippen molar-refractivity contribution in [2.24, 2.45) is 5.73 Å². The van der Waals surface area contributed by atoms with Gasteiger partial charge in [-0.3, -0.25) is 0 Å². The fourth-order valence-electron chi connectivity index (χ4n) is 2.33. The van der Waals surface area contributed by atoms with Crippen LogP contribution < -0.4 is 5.73 Å². The van der Waals surface area contributed by atoms with Crippen LogP contribution in [0.2, 0.25) is 0 Å². The predicted molar refractivity (Wildman–Crippen MR) is 91.0 cm³/mol. The summed E-state index contributed by atoms with van der Waals surface area (Å²) in [5.41, 5.74) is 8.42. The molecule has 0 amide bonds. The largest absolute Gasteiger partial charge is 0.389 e. The minimum absolute atomic E-state index is 0.257. The topological polar surface area (TPSA) is 30.9 Å². The van der Waals surface area contributed by atoms with E-state index in [-0.39, 0.29) is 5.82 Å². The summed E-state index contributed by atoms with van der Waals surface area (Å²) in [7, 11) is 0. The summed E-state index contributed by atoms with van der Waals surface area (Å²) in [6, 6.07) is 12.9. The molecule has 106 valence electrons. The Morgan fingerprint density at radius 1 is 1.24 bits per heavy atom. The number of halogens is 2. The molecule has 21 heavy (non-hydrogen) atoms. The molecule has 2 nitrogen and oxygen atoms in total. The predicted octanol–water partition coefficient (Wildman–Crippen LogP) is 4.23. The second-order valence-corrected chi connectivity index (χ2v) is 6.03. The maximum atomic E-state index is 13.6. The number of nitrogens with zero attached hydrogens (tertiary/aromatic N) is 1. The molecule has 2 N–H and O–H groups in total. The van der Waals surface area contributed by atoms with E-state index in [4.69, 9.17) is 18.0 Å². The minimum atomic E-state index is -0.257. The highest BCUT2D eigenvalue weighted by Crippen LogP contribution is 2.24. The number of benzene rings is 2. The van der Waals surface area contributed by atoms with E-state index < -0.39 is 0 Å². The van der Waals surface area contributed by atoms with Crippen LogP contribution in [0.3, 0.4) is 0 Å². The second kappa shape index (κ2) is 5.58. The van der Waals surface area contributed by atoms with Crippen molar-refractivity contribution in [1.29, 1.82) is 0 Å². The van der Waals surface area contributed by atoms with Gasteiger partial charge in [0.2, 0.25) is 0 Å². The summed E-state index contributed by atoms with van der Waals surface area (Å²) >= 11 is 8.32. The molecule has 0 fully saturated rings. The molecule has 2 aromatic carbocycles. The first-order valence-electron chi connectivity index (χ1n) is 6.38. The third-order valence-corrected chi connectivity index (χ3v) is 4.55. The highest BCUT2D eigenvalue weighted by molar-refractivity contribution is 9.10. The molecule has 0 saturated heterocycles. The number of rotatable bonds is 3. The van der Waals surface area contributed by atoms with E-state index in [0.29, 0.717) is 16.0 Å². The van der Waals surface area contributed by atoms with Crippen molar-refractivity contribution < 1.29 is 4.39 Å². The van der Waals surface area contributed by atoms with Gasteiger partial charge in [-0.25, -0.2) is 4.39 Å². The van der Waals surface area contributed by atoms with Crippen LogP contribution in [-0.2, 0) is 6.54 Å². The summed E-state index contributed by atoms with van der Waals surface area (Å²) < 4.78 is 16.2. The molecule has 0 spiro atoms. The quantitative estimate of drug-likeness (QED) is 0.707. The van der Waals surface area contributed by atoms with Crippen LogP contribution in [-0.4, -0.2) is 9.56 Å². The van der Waals surface area contributed by atoms with Crippen LogP contribution in [0.25, 0.3) is 10.9 Å². The maximum absolute atomic E-state index is 13.6. The van der Waals surface area contributed by atoms with E-state index >= 15 is 0 Å². The van der Waals surface area contributed by atoms with E-state index in [1.807, 2.05) is 36.5 Å². The van der Waals surface area contributed by atoms with E-state index in [0.717, 1.165) is 22.0 Å². The standard InChI is InChI=1S/C16H12BrFN2S/c17-15-12(2-1-3-13(15)18)9-20-7-6-10-4-5-11(16(19)21)8-14(10)20/h1-8H,9H2,(H2,19,21). The van der Waals surface area contributed by atoms with Gasteiger partial charge in [0.25, 0.3) is 0 Å². The molecule has 0 saturated carbocycles. The summed E-state index contributed by atoms with van der Waals surface area (Å²) in [6.45, 7) is 0.572. The molecule has 1 heterocycles. The van der Waals surface area contributed by atoms with Gasteiger partial charge in [-0.2, -0.15) is 0 Å². The number of aromatic nitrogens is 1. The lowest BCUT2D eigenvalue weighted by Crippen LogP contribution is -2.09. The summed E-state index contributed by atoms with van der Waals surface area (Å²) in [5.74, 6) is -0.257. The Hall–Kier alpha value is -1.72. The van der Waals surface area contributed by atoms with E-state index in [1.165, 1.54) is 6.07 Å². The molecular formula is C16H12BrFN2S. The smallest absolute Gasteiger partial charge is 0.137 e. The van der Waals surface area contributed by atoms with Gasteiger partial charge in [-0.05, 0) is 45.1 Å². The fraction of sp³-hybridized carbons (Fsp3) is 0.0625.